The molecule has 0 aliphatic heterocycles. The molecule has 5 nitrogen and oxygen atoms in total. The molecule has 1 atom stereocenters. The monoisotopic (exact) mass is 360 g/mol. The Morgan fingerprint density at radius 1 is 0.880 bits per heavy atom. The maximum atomic E-state index is 12.2. The molecule has 6 heteroatoms. The molecule has 0 heterocycles. The number of para-hydroxylation sites is 1. The second-order valence-electron chi connectivity index (χ2n) is 5.90. The number of ether oxygens (including phenoxy) is 1. The third kappa shape index (κ3) is 5.50. The lowest BCUT2D eigenvalue weighted by Crippen LogP contribution is -2.30. The highest BCUT2D eigenvalue weighted by molar-refractivity contribution is 6.32. The summed E-state index contributed by atoms with van der Waals surface area (Å²) in [4.78, 5) is 23.9. The molecule has 2 amide bonds. The first-order valence-electron chi connectivity index (χ1n) is 8.00. The summed E-state index contributed by atoms with van der Waals surface area (Å²) in [5.41, 5.74) is 1.29. The summed E-state index contributed by atoms with van der Waals surface area (Å²) in [6.45, 7) is 5.30. The van der Waals surface area contributed by atoms with E-state index in [2.05, 4.69) is 10.6 Å². The van der Waals surface area contributed by atoms with Gasteiger partial charge in [0, 0.05) is 17.3 Å². The Bertz CT molecular complexity index is 745. The lowest BCUT2D eigenvalue weighted by molar-refractivity contribution is -0.122. The molecule has 0 spiro atoms. The van der Waals surface area contributed by atoms with E-state index in [-0.39, 0.29) is 17.7 Å². The van der Waals surface area contributed by atoms with E-state index >= 15 is 0 Å². The van der Waals surface area contributed by atoms with Gasteiger partial charge in [-0.25, -0.2) is 0 Å². The molecule has 0 saturated heterocycles. The minimum atomic E-state index is -0.708. The van der Waals surface area contributed by atoms with Crippen LogP contribution in [0.3, 0.4) is 0 Å². The molecule has 2 aromatic rings. The van der Waals surface area contributed by atoms with Crippen molar-refractivity contribution in [2.75, 3.05) is 10.6 Å². The summed E-state index contributed by atoms with van der Waals surface area (Å²) in [5.74, 6) is 0.0122. The zero-order chi connectivity index (χ0) is 18.4. The van der Waals surface area contributed by atoms with Crippen LogP contribution in [-0.4, -0.2) is 17.9 Å². The first-order chi connectivity index (χ1) is 11.9. The minimum Gasteiger partial charge on any atom is -0.479 e. The molecule has 132 valence electrons. The predicted octanol–water partition coefficient (Wildman–Crippen LogP) is 4.34. The first kappa shape index (κ1) is 18.8. The smallest absolute Gasteiger partial charge is 0.265 e. The van der Waals surface area contributed by atoms with E-state index in [4.69, 9.17) is 16.3 Å². The van der Waals surface area contributed by atoms with Crippen molar-refractivity contribution in [1.82, 2.24) is 0 Å². The van der Waals surface area contributed by atoms with Crippen molar-refractivity contribution in [3.8, 4) is 5.75 Å². The van der Waals surface area contributed by atoms with Crippen LogP contribution < -0.4 is 15.4 Å². The van der Waals surface area contributed by atoms with Crippen molar-refractivity contribution in [1.29, 1.82) is 0 Å². The molecule has 25 heavy (non-hydrogen) atoms. The summed E-state index contributed by atoms with van der Waals surface area (Å²) in [5, 5.41) is 6.01. The molecule has 0 fully saturated rings. The van der Waals surface area contributed by atoms with E-state index in [1.54, 1.807) is 55.5 Å². The maximum absolute atomic E-state index is 12.2. The van der Waals surface area contributed by atoms with Crippen LogP contribution in [0.15, 0.2) is 48.5 Å². The lowest BCUT2D eigenvalue weighted by Gasteiger charge is -2.16. The van der Waals surface area contributed by atoms with E-state index in [0.717, 1.165) is 0 Å². The van der Waals surface area contributed by atoms with Gasteiger partial charge in [-0.05, 0) is 43.3 Å². The van der Waals surface area contributed by atoms with Gasteiger partial charge in [0.25, 0.3) is 5.91 Å². The van der Waals surface area contributed by atoms with Crippen molar-refractivity contribution in [2.24, 2.45) is 5.92 Å². The van der Waals surface area contributed by atoms with Gasteiger partial charge in [-0.2, -0.15) is 0 Å². The molecule has 2 rings (SSSR count). The van der Waals surface area contributed by atoms with Gasteiger partial charge in [0.1, 0.15) is 5.75 Å². The van der Waals surface area contributed by atoms with Crippen molar-refractivity contribution >= 4 is 34.8 Å². The van der Waals surface area contributed by atoms with Crippen LogP contribution in [-0.2, 0) is 9.59 Å². The Morgan fingerprint density at radius 2 is 1.40 bits per heavy atom. The molecule has 0 aliphatic rings. The number of hydrogen-bond donors (Lipinski definition) is 2. The maximum Gasteiger partial charge on any atom is 0.265 e. The highest BCUT2D eigenvalue weighted by Gasteiger charge is 2.16. The second-order valence-corrected chi connectivity index (χ2v) is 6.31. The minimum absolute atomic E-state index is 0.0569. The second kappa shape index (κ2) is 8.53. The molecule has 0 aromatic heterocycles. The fraction of sp³-hybridized carbons (Fsp3) is 0.263. The average molecular weight is 361 g/mol. The largest absolute Gasteiger partial charge is 0.479 e. The number of benzene rings is 2. The van der Waals surface area contributed by atoms with Gasteiger partial charge in [-0.3, -0.25) is 9.59 Å². The van der Waals surface area contributed by atoms with E-state index in [1.807, 2.05) is 13.8 Å². The highest BCUT2D eigenvalue weighted by atomic mass is 35.5. The molecular weight excluding hydrogens is 340 g/mol. The van der Waals surface area contributed by atoms with Crippen molar-refractivity contribution in [3.05, 3.63) is 53.6 Å². The van der Waals surface area contributed by atoms with E-state index < -0.39 is 6.10 Å². The number of nitrogens with one attached hydrogen (secondary N) is 2. The molecule has 0 radical (unpaired) electrons. The summed E-state index contributed by atoms with van der Waals surface area (Å²) < 4.78 is 5.58. The summed E-state index contributed by atoms with van der Waals surface area (Å²) in [7, 11) is 0. The lowest BCUT2D eigenvalue weighted by atomic mass is 10.2. The van der Waals surface area contributed by atoms with Crippen LogP contribution in [0.1, 0.15) is 20.8 Å². The van der Waals surface area contributed by atoms with Gasteiger partial charge in [-0.1, -0.05) is 37.6 Å². The van der Waals surface area contributed by atoms with E-state index in [1.165, 1.54) is 0 Å². The Labute approximate surface area is 152 Å². The SMILES string of the molecule is CC(C)C(=O)Nc1ccc(NC(=O)C(C)Oc2ccccc2Cl)cc1. The van der Waals surface area contributed by atoms with Crippen LogP contribution in [0.5, 0.6) is 5.75 Å². The quantitative estimate of drug-likeness (QED) is 0.805. The van der Waals surface area contributed by atoms with E-state index in [9.17, 15) is 9.59 Å². The van der Waals surface area contributed by atoms with Crippen molar-refractivity contribution in [2.45, 2.75) is 26.9 Å². The molecule has 2 N–H and O–H groups in total. The summed E-state index contributed by atoms with van der Waals surface area (Å²) >= 11 is 6.02. The van der Waals surface area contributed by atoms with Gasteiger partial charge in [0.05, 0.1) is 5.02 Å². The predicted molar refractivity (Wildman–Crippen MR) is 100 cm³/mol. The Hall–Kier alpha value is -2.53. The summed E-state index contributed by atoms with van der Waals surface area (Å²) in [6, 6.07) is 13.9. The first-order valence-corrected chi connectivity index (χ1v) is 8.37. The standard InChI is InChI=1S/C19H21ClN2O3/c1-12(2)18(23)21-14-8-10-15(11-9-14)22-19(24)13(3)25-17-7-5-4-6-16(17)20/h4-13H,1-3H3,(H,21,23)(H,22,24). The normalized spacial score (nSPS) is 11.7. The van der Waals surface area contributed by atoms with Gasteiger partial charge in [0.2, 0.25) is 5.91 Å². The fourth-order valence-electron chi connectivity index (χ4n) is 1.95. The number of anilines is 2. The van der Waals surface area contributed by atoms with Crippen molar-refractivity contribution in [3.63, 3.8) is 0 Å². The molecule has 0 bridgehead atoms. The number of rotatable bonds is 6. The highest BCUT2D eigenvalue weighted by Crippen LogP contribution is 2.24. The Morgan fingerprint density at radius 3 is 1.92 bits per heavy atom. The number of carbonyl (C=O) groups excluding carboxylic acids is 2. The van der Waals surface area contributed by atoms with Gasteiger partial charge < -0.3 is 15.4 Å². The Balaban J connectivity index is 1.93. The third-order valence-corrected chi connectivity index (χ3v) is 3.77. The summed E-state index contributed by atoms with van der Waals surface area (Å²) in [6.07, 6.45) is -0.708. The van der Waals surface area contributed by atoms with Crippen LogP contribution in [0.25, 0.3) is 0 Å². The van der Waals surface area contributed by atoms with Crippen molar-refractivity contribution < 1.29 is 14.3 Å². The fourth-order valence-corrected chi connectivity index (χ4v) is 2.13. The topological polar surface area (TPSA) is 67.4 Å². The third-order valence-electron chi connectivity index (χ3n) is 3.45. The molecule has 1 unspecified atom stereocenters. The zero-order valence-electron chi connectivity index (χ0n) is 14.4. The average Bonchev–Trinajstić information content (AvgIpc) is 2.58. The molecular formula is C19H21ClN2O3. The van der Waals surface area contributed by atoms with Crippen LogP contribution >= 0.6 is 11.6 Å². The van der Waals surface area contributed by atoms with Gasteiger partial charge >= 0.3 is 0 Å². The number of carbonyl (C=O) groups is 2. The number of hydrogen-bond acceptors (Lipinski definition) is 3. The van der Waals surface area contributed by atoms with Crippen LogP contribution in [0, 0.1) is 5.92 Å². The van der Waals surface area contributed by atoms with E-state index in [0.29, 0.717) is 22.1 Å². The molecule has 2 aromatic carbocycles. The van der Waals surface area contributed by atoms with Gasteiger partial charge in [0.15, 0.2) is 6.10 Å². The van der Waals surface area contributed by atoms with Gasteiger partial charge in [-0.15, -0.1) is 0 Å². The number of halogens is 1. The number of amides is 2. The molecule has 0 aliphatic carbocycles. The zero-order valence-corrected chi connectivity index (χ0v) is 15.1. The van der Waals surface area contributed by atoms with Crippen LogP contribution in [0.2, 0.25) is 5.02 Å². The Kier molecular flexibility index (Phi) is 6.42. The van der Waals surface area contributed by atoms with Crippen LogP contribution in [0.4, 0.5) is 11.4 Å². The molecule has 0 saturated carbocycles.